The van der Waals surface area contributed by atoms with Crippen LogP contribution in [0.4, 0.5) is 5.95 Å². The molecule has 1 aromatic heterocycles. The van der Waals surface area contributed by atoms with Gasteiger partial charge in [-0.15, -0.1) is 0 Å². The second-order valence-corrected chi connectivity index (χ2v) is 5.36. The Morgan fingerprint density at radius 1 is 1.06 bits per heavy atom. The highest BCUT2D eigenvalue weighted by Crippen LogP contribution is 2.20. The molecule has 0 saturated heterocycles. The van der Waals surface area contributed by atoms with Crippen molar-refractivity contribution in [1.82, 2.24) is 9.97 Å². The van der Waals surface area contributed by atoms with Crippen LogP contribution in [0.25, 0.3) is 11.0 Å². The lowest BCUT2D eigenvalue weighted by Crippen LogP contribution is -1.92. The van der Waals surface area contributed by atoms with Gasteiger partial charge in [0.2, 0.25) is 0 Å². The molecule has 0 amide bonds. The van der Waals surface area contributed by atoms with Gasteiger partial charge in [-0.2, -0.15) is 0 Å². The molecule has 0 unspecified atom stereocenters. The average molecular weight is 257 g/mol. The molecule has 1 heterocycles. The molecule has 0 bridgehead atoms. The third-order valence-electron chi connectivity index (χ3n) is 2.64. The molecule has 0 spiro atoms. The summed E-state index contributed by atoms with van der Waals surface area (Å²) in [7, 11) is -1.18. The number of benzene rings is 2. The number of nitrogens with two attached hydrogens (primary N) is 1. The molecule has 2 aromatic carbocycles. The molecule has 0 aliphatic heterocycles. The van der Waals surface area contributed by atoms with Gasteiger partial charge in [0.1, 0.15) is 0 Å². The van der Waals surface area contributed by atoms with Crippen molar-refractivity contribution in [1.29, 1.82) is 0 Å². The molecule has 0 saturated carbocycles. The quantitative estimate of drug-likeness (QED) is 0.740. The predicted molar refractivity (Wildman–Crippen MR) is 71.6 cm³/mol. The van der Waals surface area contributed by atoms with E-state index in [2.05, 4.69) is 9.97 Å². The topological polar surface area (TPSA) is 71.8 Å². The molecule has 0 aliphatic rings. The Morgan fingerprint density at radius 3 is 2.61 bits per heavy atom. The van der Waals surface area contributed by atoms with Crippen LogP contribution in [0.2, 0.25) is 0 Å². The van der Waals surface area contributed by atoms with Gasteiger partial charge in [-0.1, -0.05) is 18.2 Å². The van der Waals surface area contributed by atoms with E-state index in [1.165, 1.54) is 0 Å². The molecular formula is C13H11N3OS. The predicted octanol–water partition coefficient (Wildman–Crippen LogP) is 2.31. The minimum atomic E-state index is -1.18. The van der Waals surface area contributed by atoms with Gasteiger partial charge >= 0.3 is 0 Å². The highest BCUT2D eigenvalue weighted by Gasteiger charge is 2.08. The Kier molecular flexibility index (Phi) is 2.60. The van der Waals surface area contributed by atoms with E-state index in [0.29, 0.717) is 5.95 Å². The Balaban J connectivity index is 2.06. The number of nitrogen functional groups attached to an aromatic ring is 1. The van der Waals surface area contributed by atoms with Crippen molar-refractivity contribution in [2.75, 3.05) is 5.73 Å². The first kappa shape index (κ1) is 11.0. The minimum absolute atomic E-state index is 0.368. The number of anilines is 1. The highest BCUT2D eigenvalue weighted by molar-refractivity contribution is 7.85. The number of aromatic nitrogens is 2. The third-order valence-corrected chi connectivity index (χ3v) is 4.03. The van der Waals surface area contributed by atoms with E-state index in [0.717, 1.165) is 20.8 Å². The number of nitrogens with one attached hydrogen (secondary N) is 1. The van der Waals surface area contributed by atoms with E-state index in [9.17, 15) is 4.21 Å². The van der Waals surface area contributed by atoms with Crippen LogP contribution in [0.5, 0.6) is 0 Å². The summed E-state index contributed by atoms with van der Waals surface area (Å²) in [5.41, 5.74) is 7.16. The van der Waals surface area contributed by atoms with Gasteiger partial charge in [0.05, 0.1) is 21.8 Å². The van der Waals surface area contributed by atoms with Crippen molar-refractivity contribution in [3.8, 4) is 0 Å². The monoisotopic (exact) mass is 257 g/mol. The van der Waals surface area contributed by atoms with Crippen LogP contribution in [0, 0.1) is 0 Å². The van der Waals surface area contributed by atoms with Gasteiger partial charge in [0.15, 0.2) is 5.95 Å². The van der Waals surface area contributed by atoms with Crippen LogP contribution in [0.1, 0.15) is 0 Å². The number of hydrogen-bond acceptors (Lipinski definition) is 3. The number of nitrogens with zero attached hydrogens (tertiary/aromatic N) is 1. The summed E-state index contributed by atoms with van der Waals surface area (Å²) in [6, 6.07) is 14.8. The lowest BCUT2D eigenvalue weighted by Gasteiger charge is -2.01. The van der Waals surface area contributed by atoms with Crippen LogP contribution in [-0.4, -0.2) is 14.2 Å². The Hall–Kier alpha value is -2.14. The van der Waals surface area contributed by atoms with E-state index >= 15 is 0 Å². The van der Waals surface area contributed by atoms with Crippen LogP contribution in [0.15, 0.2) is 58.3 Å². The molecule has 0 radical (unpaired) electrons. The maximum absolute atomic E-state index is 12.3. The number of imidazole rings is 1. The molecule has 4 nitrogen and oxygen atoms in total. The van der Waals surface area contributed by atoms with Gasteiger partial charge in [-0.25, -0.2) is 9.19 Å². The fraction of sp³-hybridized carbons (Fsp3) is 0. The molecule has 0 fully saturated rings. The zero-order valence-electron chi connectivity index (χ0n) is 9.46. The van der Waals surface area contributed by atoms with E-state index < -0.39 is 10.8 Å². The summed E-state index contributed by atoms with van der Waals surface area (Å²) < 4.78 is 12.3. The van der Waals surface area contributed by atoms with Crippen LogP contribution in [0.3, 0.4) is 0 Å². The molecule has 18 heavy (non-hydrogen) atoms. The minimum Gasteiger partial charge on any atom is -0.369 e. The van der Waals surface area contributed by atoms with E-state index in [1.807, 2.05) is 48.5 Å². The van der Waals surface area contributed by atoms with Gasteiger partial charge in [-0.3, -0.25) is 0 Å². The zero-order valence-corrected chi connectivity index (χ0v) is 10.3. The van der Waals surface area contributed by atoms with Crippen molar-refractivity contribution in [2.24, 2.45) is 0 Å². The molecule has 0 aliphatic carbocycles. The SMILES string of the molecule is Nc1nc2ccc([S@](=O)c3ccccc3)cc2[nH]1. The first-order chi connectivity index (χ1) is 8.74. The fourth-order valence-corrected chi connectivity index (χ4v) is 2.90. The smallest absolute Gasteiger partial charge is 0.198 e. The standard InChI is InChI=1S/C13H11N3OS/c14-13-15-11-7-6-10(8-12(11)16-13)18(17)9-4-2-1-3-5-9/h1-8H,(H3,14,15,16)/t18-/m1/s1. The molecule has 3 N–H and O–H groups in total. The average Bonchev–Trinajstić information content (AvgIpc) is 2.78. The van der Waals surface area contributed by atoms with E-state index in [1.54, 1.807) is 0 Å². The maximum atomic E-state index is 12.3. The van der Waals surface area contributed by atoms with Gasteiger partial charge in [-0.05, 0) is 30.3 Å². The second-order valence-electron chi connectivity index (χ2n) is 3.88. The fourth-order valence-electron chi connectivity index (χ4n) is 1.80. The lowest BCUT2D eigenvalue weighted by atomic mass is 10.3. The molecule has 3 aromatic rings. The van der Waals surface area contributed by atoms with Crippen molar-refractivity contribution < 1.29 is 4.21 Å². The van der Waals surface area contributed by atoms with Gasteiger partial charge < -0.3 is 10.7 Å². The van der Waals surface area contributed by atoms with Crippen molar-refractivity contribution >= 4 is 27.8 Å². The van der Waals surface area contributed by atoms with Crippen molar-refractivity contribution in [2.45, 2.75) is 9.79 Å². The second kappa shape index (κ2) is 4.27. The normalized spacial score (nSPS) is 12.7. The highest BCUT2D eigenvalue weighted by atomic mass is 32.2. The van der Waals surface area contributed by atoms with Crippen LogP contribution >= 0.6 is 0 Å². The summed E-state index contributed by atoms with van der Waals surface area (Å²) in [6.45, 7) is 0. The summed E-state index contributed by atoms with van der Waals surface area (Å²) in [6.07, 6.45) is 0. The summed E-state index contributed by atoms with van der Waals surface area (Å²) in [4.78, 5) is 8.56. The third kappa shape index (κ3) is 1.89. The summed E-state index contributed by atoms with van der Waals surface area (Å²) in [5, 5.41) is 0. The molecule has 90 valence electrons. The molecule has 3 rings (SSSR count). The number of hydrogen-bond donors (Lipinski definition) is 2. The summed E-state index contributed by atoms with van der Waals surface area (Å²) >= 11 is 0. The first-order valence-electron chi connectivity index (χ1n) is 5.46. The van der Waals surface area contributed by atoms with Crippen molar-refractivity contribution in [3.05, 3.63) is 48.5 Å². The largest absolute Gasteiger partial charge is 0.369 e. The van der Waals surface area contributed by atoms with Crippen LogP contribution in [-0.2, 0) is 10.8 Å². The molecule has 5 heteroatoms. The van der Waals surface area contributed by atoms with Crippen molar-refractivity contribution in [3.63, 3.8) is 0 Å². The van der Waals surface area contributed by atoms with Crippen LogP contribution < -0.4 is 5.73 Å². The summed E-state index contributed by atoms with van der Waals surface area (Å²) in [5.74, 6) is 0.368. The Bertz CT molecular complexity index is 721. The first-order valence-corrected chi connectivity index (χ1v) is 6.61. The maximum Gasteiger partial charge on any atom is 0.198 e. The van der Waals surface area contributed by atoms with Gasteiger partial charge in [0, 0.05) is 9.79 Å². The number of aromatic amines is 1. The number of H-pyrrole nitrogens is 1. The number of rotatable bonds is 2. The van der Waals surface area contributed by atoms with E-state index in [4.69, 9.17) is 5.73 Å². The van der Waals surface area contributed by atoms with E-state index in [-0.39, 0.29) is 0 Å². The Morgan fingerprint density at radius 2 is 1.83 bits per heavy atom. The lowest BCUT2D eigenvalue weighted by molar-refractivity contribution is 0.683. The number of fused-ring (bicyclic) bond motifs is 1. The van der Waals surface area contributed by atoms with Gasteiger partial charge in [0.25, 0.3) is 0 Å². The Labute approximate surface area is 106 Å². The molecular weight excluding hydrogens is 246 g/mol. The zero-order chi connectivity index (χ0) is 12.5. The molecule has 1 atom stereocenters.